The molecule has 0 unspecified atom stereocenters. The molecule has 0 radical (unpaired) electrons. The molecule has 1 N–H and O–H groups in total. The molecule has 2 aliphatic rings. The molecule has 28 heavy (non-hydrogen) atoms. The fourth-order valence-electron chi connectivity index (χ4n) is 2.83. The largest absolute Gasteiger partial charge is 0.496 e. The molecule has 10 heteroatoms. The van der Waals surface area contributed by atoms with Crippen LogP contribution in [0.5, 0.6) is 5.75 Å². The zero-order valence-electron chi connectivity index (χ0n) is 15.1. The lowest BCUT2D eigenvalue weighted by Crippen LogP contribution is -2.49. The zero-order valence-corrected chi connectivity index (χ0v) is 17.6. The van der Waals surface area contributed by atoms with Gasteiger partial charge in [0.25, 0.3) is 5.91 Å². The van der Waals surface area contributed by atoms with Crippen LogP contribution in [0.2, 0.25) is 0 Å². The van der Waals surface area contributed by atoms with Crippen LogP contribution in [0.25, 0.3) is 6.08 Å². The average molecular weight is 439 g/mol. The van der Waals surface area contributed by atoms with Gasteiger partial charge in [-0.3, -0.25) is 14.5 Å². The Morgan fingerprint density at radius 2 is 2.14 bits per heavy atom. The van der Waals surface area contributed by atoms with Gasteiger partial charge in [0.05, 0.1) is 23.8 Å². The number of para-hydroxylation sites is 1. The van der Waals surface area contributed by atoms with E-state index >= 15 is 0 Å². The topological polar surface area (TPSA) is 92.8 Å². The molecule has 0 bridgehead atoms. The number of methoxy groups -OCH3 is 1. The number of amides is 2. The molecular weight excluding hydrogens is 420 g/mol. The standard InChI is InChI=1S/C18H18N2O5S3/c1-11(16(21)19-13-7-8-28(23,24)10-13)20-17(22)15(27-18(20)26)9-12-5-3-4-6-14(12)25-2/h3-9,11,13H,10H2,1-2H3,(H,19,21)/b15-9-/t11-,13-/m0/s1. The van der Waals surface area contributed by atoms with Crippen LogP contribution in [0.1, 0.15) is 12.5 Å². The number of carbonyl (C=O) groups excluding carboxylic acids is 2. The highest BCUT2D eigenvalue weighted by atomic mass is 32.2. The quantitative estimate of drug-likeness (QED) is 0.553. The SMILES string of the molecule is COc1ccccc1/C=C1\SC(=S)N([C@@H](C)C(=O)N[C@H]2C=CS(=O)(=O)C2)C1=O. The van der Waals surface area contributed by atoms with Crippen LogP contribution >= 0.6 is 24.0 Å². The van der Waals surface area contributed by atoms with E-state index in [0.29, 0.717) is 10.7 Å². The van der Waals surface area contributed by atoms with Gasteiger partial charge in [0.1, 0.15) is 16.1 Å². The average Bonchev–Trinajstić information content (AvgIpc) is 3.13. The molecule has 0 spiro atoms. The molecule has 1 aromatic rings. The van der Waals surface area contributed by atoms with Crippen molar-refractivity contribution in [1.82, 2.24) is 10.2 Å². The molecule has 1 saturated heterocycles. The first kappa shape index (κ1) is 20.6. The van der Waals surface area contributed by atoms with Gasteiger partial charge >= 0.3 is 0 Å². The summed E-state index contributed by atoms with van der Waals surface area (Å²) in [6, 6.07) is 5.77. The van der Waals surface area contributed by atoms with Gasteiger partial charge in [0.2, 0.25) is 5.91 Å². The van der Waals surface area contributed by atoms with E-state index in [1.165, 1.54) is 11.0 Å². The Kier molecular flexibility index (Phi) is 5.92. The highest BCUT2D eigenvalue weighted by molar-refractivity contribution is 8.26. The number of sulfone groups is 1. The number of carbonyl (C=O) groups is 2. The normalized spacial score (nSPS) is 23.3. The summed E-state index contributed by atoms with van der Waals surface area (Å²) in [4.78, 5) is 27.0. The van der Waals surface area contributed by atoms with Crippen LogP contribution in [0, 0.1) is 0 Å². The lowest BCUT2D eigenvalue weighted by Gasteiger charge is -2.23. The Balaban J connectivity index is 1.75. The molecule has 2 heterocycles. The van der Waals surface area contributed by atoms with Crippen LogP contribution < -0.4 is 10.1 Å². The van der Waals surface area contributed by atoms with E-state index in [2.05, 4.69) is 5.32 Å². The lowest BCUT2D eigenvalue weighted by atomic mass is 10.1. The first-order chi connectivity index (χ1) is 13.2. The van der Waals surface area contributed by atoms with Crippen molar-refractivity contribution in [3.63, 3.8) is 0 Å². The number of hydrogen-bond donors (Lipinski definition) is 1. The van der Waals surface area contributed by atoms with Crippen LogP contribution in [0.15, 0.2) is 40.7 Å². The molecule has 1 fully saturated rings. The third-order valence-corrected chi connectivity index (χ3v) is 7.00. The number of thioether (sulfide) groups is 1. The fourth-order valence-corrected chi connectivity index (χ4v) is 5.47. The van der Waals surface area contributed by atoms with Crippen molar-refractivity contribution >= 4 is 56.0 Å². The van der Waals surface area contributed by atoms with E-state index in [-0.39, 0.29) is 16.0 Å². The first-order valence-corrected chi connectivity index (χ1v) is 11.3. The van der Waals surface area contributed by atoms with Crippen molar-refractivity contribution in [2.24, 2.45) is 0 Å². The zero-order chi connectivity index (χ0) is 20.5. The van der Waals surface area contributed by atoms with Gasteiger partial charge in [-0.2, -0.15) is 0 Å². The van der Waals surface area contributed by atoms with Gasteiger partial charge < -0.3 is 10.1 Å². The summed E-state index contributed by atoms with van der Waals surface area (Å²) < 4.78 is 28.5. The second-order valence-electron chi connectivity index (χ2n) is 6.24. The minimum atomic E-state index is -3.28. The van der Waals surface area contributed by atoms with Crippen molar-refractivity contribution in [2.75, 3.05) is 12.9 Å². The lowest BCUT2D eigenvalue weighted by molar-refractivity contribution is -0.132. The Labute approximate surface area is 172 Å². The molecule has 1 aromatic carbocycles. The number of rotatable bonds is 5. The molecule has 2 aliphatic heterocycles. The maximum atomic E-state index is 12.8. The summed E-state index contributed by atoms with van der Waals surface area (Å²) >= 11 is 6.40. The highest BCUT2D eigenvalue weighted by Gasteiger charge is 2.39. The van der Waals surface area contributed by atoms with Crippen molar-refractivity contribution in [2.45, 2.75) is 19.0 Å². The Morgan fingerprint density at radius 1 is 1.43 bits per heavy atom. The van der Waals surface area contributed by atoms with Crippen LogP contribution in [-0.4, -0.2) is 54.4 Å². The summed E-state index contributed by atoms with van der Waals surface area (Å²) in [5.74, 6) is -0.412. The van der Waals surface area contributed by atoms with Crippen molar-refractivity contribution in [3.8, 4) is 5.75 Å². The maximum absolute atomic E-state index is 12.8. The molecule has 7 nitrogen and oxygen atoms in total. The highest BCUT2D eigenvalue weighted by Crippen LogP contribution is 2.35. The Bertz CT molecular complexity index is 1000. The van der Waals surface area contributed by atoms with Gasteiger partial charge in [-0.1, -0.05) is 42.2 Å². The summed E-state index contributed by atoms with van der Waals surface area (Å²) in [5.41, 5.74) is 0.726. The van der Waals surface area contributed by atoms with Crippen LogP contribution in [0.3, 0.4) is 0 Å². The summed E-state index contributed by atoms with van der Waals surface area (Å²) in [6.45, 7) is 1.55. The van der Waals surface area contributed by atoms with Gasteiger partial charge in [-0.05, 0) is 25.1 Å². The van der Waals surface area contributed by atoms with E-state index in [0.717, 1.165) is 22.7 Å². The van der Waals surface area contributed by atoms with Gasteiger partial charge in [-0.15, -0.1) is 0 Å². The van der Waals surface area contributed by atoms with E-state index < -0.39 is 27.8 Å². The minimum absolute atomic E-state index is 0.183. The van der Waals surface area contributed by atoms with Crippen molar-refractivity contribution < 1.29 is 22.7 Å². The molecule has 2 atom stereocenters. The Morgan fingerprint density at radius 3 is 2.79 bits per heavy atom. The number of nitrogens with one attached hydrogen (secondary N) is 1. The smallest absolute Gasteiger partial charge is 0.266 e. The molecule has 2 amide bonds. The first-order valence-electron chi connectivity index (χ1n) is 8.33. The predicted molar refractivity (Wildman–Crippen MR) is 112 cm³/mol. The second kappa shape index (κ2) is 8.06. The molecule has 0 aliphatic carbocycles. The van der Waals surface area contributed by atoms with E-state index in [9.17, 15) is 18.0 Å². The minimum Gasteiger partial charge on any atom is -0.496 e. The maximum Gasteiger partial charge on any atom is 0.266 e. The number of hydrogen-bond acceptors (Lipinski definition) is 7. The van der Waals surface area contributed by atoms with E-state index in [1.54, 1.807) is 26.2 Å². The van der Waals surface area contributed by atoms with Crippen molar-refractivity contribution in [3.05, 3.63) is 46.2 Å². The van der Waals surface area contributed by atoms with E-state index in [4.69, 9.17) is 17.0 Å². The van der Waals surface area contributed by atoms with Gasteiger partial charge in [0.15, 0.2) is 9.84 Å². The van der Waals surface area contributed by atoms with Gasteiger partial charge in [-0.25, -0.2) is 8.42 Å². The third kappa shape index (κ3) is 4.29. The molecule has 0 saturated carbocycles. The Hall–Kier alpha value is -2.17. The summed E-state index contributed by atoms with van der Waals surface area (Å²) in [7, 11) is -1.74. The van der Waals surface area contributed by atoms with Crippen molar-refractivity contribution in [1.29, 1.82) is 0 Å². The van der Waals surface area contributed by atoms with Crippen LogP contribution in [-0.2, 0) is 19.4 Å². The second-order valence-corrected chi connectivity index (χ2v) is 9.85. The monoisotopic (exact) mass is 438 g/mol. The number of ether oxygens (including phenoxy) is 1. The molecule has 148 valence electrons. The van der Waals surface area contributed by atoms with Crippen LogP contribution in [0.4, 0.5) is 0 Å². The summed E-state index contributed by atoms with van der Waals surface area (Å²) in [6.07, 6.45) is 3.10. The van der Waals surface area contributed by atoms with E-state index in [1.807, 2.05) is 18.2 Å². The number of nitrogens with zero attached hydrogens (tertiary/aromatic N) is 1. The predicted octanol–water partition coefficient (Wildman–Crippen LogP) is 1.71. The van der Waals surface area contributed by atoms with Gasteiger partial charge in [0, 0.05) is 11.0 Å². The molecular formula is C18H18N2O5S3. The number of thiocarbonyl (C=S) groups is 1. The molecule has 0 aromatic heterocycles. The number of benzene rings is 1. The third-order valence-electron chi connectivity index (χ3n) is 4.27. The molecule has 3 rings (SSSR count). The summed E-state index contributed by atoms with van der Waals surface area (Å²) in [5, 5.41) is 3.71. The fraction of sp³-hybridized carbons (Fsp3) is 0.278.